The molecule has 2 aromatic heterocycles. The first kappa shape index (κ1) is 19.7. The van der Waals surface area contributed by atoms with E-state index in [0.29, 0.717) is 30.2 Å². The van der Waals surface area contributed by atoms with Crippen LogP contribution in [0.4, 0.5) is 10.1 Å². The third kappa shape index (κ3) is 4.87. The third-order valence-electron chi connectivity index (χ3n) is 4.39. The van der Waals surface area contributed by atoms with Gasteiger partial charge in [-0.25, -0.2) is 4.39 Å². The lowest BCUT2D eigenvalue weighted by Crippen LogP contribution is -2.11. The van der Waals surface area contributed by atoms with Crippen molar-refractivity contribution < 1.29 is 13.9 Å². The Morgan fingerprint density at radius 3 is 2.60 bits per heavy atom. The highest BCUT2D eigenvalue weighted by Gasteiger charge is 2.09. The van der Waals surface area contributed by atoms with E-state index in [1.54, 1.807) is 53.5 Å². The van der Waals surface area contributed by atoms with Gasteiger partial charge in [0, 0.05) is 11.8 Å². The number of carbonyl (C=O) groups excluding carboxylic acids is 1. The number of amides is 1. The Morgan fingerprint density at radius 1 is 1.13 bits per heavy atom. The quantitative estimate of drug-likeness (QED) is 0.485. The molecule has 0 saturated carbocycles. The molecule has 4 rings (SSSR count). The number of ether oxygens (including phenoxy) is 1. The Labute approximate surface area is 176 Å². The molecule has 0 aliphatic carbocycles. The third-order valence-corrected chi connectivity index (χ3v) is 5.04. The minimum Gasteiger partial charge on any atom is -0.487 e. The van der Waals surface area contributed by atoms with Gasteiger partial charge in [-0.1, -0.05) is 12.1 Å². The Kier molecular flexibility index (Phi) is 5.80. The van der Waals surface area contributed by atoms with Crippen LogP contribution in [-0.2, 0) is 13.2 Å². The Hall–Kier alpha value is -3.59. The highest BCUT2D eigenvalue weighted by molar-refractivity contribution is 6.99. The minimum absolute atomic E-state index is 0.248. The second-order valence-electron chi connectivity index (χ2n) is 6.62. The van der Waals surface area contributed by atoms with Crippen molar-refractivity contribution >= 4 is 23.3 Å². The van der Waals surface area contributed by atoms with Gasteiger partial charge in [0.05, 0.1) is 35.9 Å². The standard InChI is InChI=1S/C21H18FN5O2S/c1-14-20(26-30-25-14)13-29-19-8-4-16(5-9-19)21(28)24-18-10-23-27(12-18)11-15-2-6-17(22)7-3-15/h2-10,12H,11,13H2,1H3,(H,24,28). The second-order valence-corrected chi connectivity index (χ2v) is 7.15. The molecule has 0 atom stereocenters. The van der Waals surface area contributed by atoms with Gasteiger partial charge < -0.3 is 10.1 Å². The van der Waals surface area contributed by atoms with Gasteiger partial charge in [-0.05, 0) is 48.9 Å². The molecule has 1 N–H and O–H groups in total. The van der Waals surface area contributed by atoms with E-state index in [-0.39, 0.29) is 11.7 Å². The van der Waals surface area contributed by atoms with E-state index in [2.05, 4.69) is 19.2 Å². The van der Waals surface area contributed by atoms with E-state index in [1.165, 1.54) is 12.1 Å². The van der Waals surface area contributed by atoms with Gasteiger partial charge in [-0.3, -0.25) is 9.48 Å². The van der Waals surface area contributed by atoms with Crippen molar-refractivity contribution in [3.63, 3.8) is 0 Å². The average molecular weight is 423 g/mol. The Balaban J connectivity index is 1.33. The summed E-state index contributed by atoms with van der Waals surface area (Å²) >= 11 is 1.16. The van der Waals surface area contributed by atoms with Crippen LogP contribution in [0.5, 0.6) is 5.75 Å². The molecule has 0 saturated heterocycles. The van der Waals surface area contributed by atoms with E-state index in [0.717, 1.165) is 28.7 Å². The predicted molar refractivity (Wildman–Crippen MR) is 111 cm³/mol. The Bertz CT molecular complexity index is 1140. The fourth-order valence-corrected chi connectivity index (χ4v) is 3.28. The number of carbonyl (C=O) groups is 1. The number of halogens is 1. The highest BCUT2D eigenvalue weighted by atomic mass is 32.1. The molecule has 0 bridgehead atoms. The molecule has 152 valence electrons. The number of anilines is 1. The zero-order valence-electron chi connectivity index (χ0n) is 16.1. The maximum absolute atomic E-state index is 13.0. The van der Waals surface area contributed by atoms with Crippen molar-refractivity contribution in [3.05, 3.63) is 89.3 Å². The largest absolute Gasteiger partial charge is 0.487 e. The van der Waals surface area contributed by atoms with E-state index in [1.807, 2.05) is 6.92 Å². The first-order chi connectivity index (χ1) is 14.6. The van der Waals surface area contributed by atoms with Crippen LogP contribution in [-0.4, -0.2) is 24.4 Å². The van der Waals surface area contributed by atoms with Crippen molar-refractivity contribution in [2.45, 2.75) is 20.1 Å². The second kappa shape index (κ2) is 8.83. The van der Waals surface area contributed by atoms with Crippen molar-refractivity contribution in [3.8, 4) is 5.75 Å². The van der Waals surface area contributed by atoms with Gasteiger partial charge in [0.2, 0.25) is 0 Å². The van der Waals surface area contributed by atoms with Crippen LogP contribution in [0, 0.1) is 12.7 Å². The van der Waals surface area contributed by atoms with Crippen LogP contribution >= 0.6 is 11.7 Å². The summed E-state index contributed by atoms with van der Waals surface area (Å²) in [7, 11) is 0. The number of aryl methyl sites for hydroxylation is 1. The van der Waals surface area contributed by atoms with E-state index in [9.17, 15) is 9.18 Å². The summed E-state index contributed by atoms with van der Waals surface area (Å²) in [6.45, 7) is 2.70. The number of nitrogens with zero attached hydrogens (tertiary/aromatic N) is 4. The summed E-state index contributed by atoms with van der Waals surface area (Å²) in [5.74, 6) is 0.118. The summed E-state index contributed by atoms with van der Waals surface area (Å²) < 4.78 is 28.6. The summed E-state index contributed by atoms with van der Waals surface area (Å²) in [5, 5.41) is 7.04. The predicted octanol–water partition coefficient (Wildman–Crippen LogP) is 4.06. The van der Waals surface area contributed by atoms with Crippen LogP contribution in [0.25, 0.3) is 0 Å². The van der Waals surface area contributed by atoms with Crippen LogP contribution in [0.2, 0.25) is 0 Å². The zero-order valence-corrected chi connectivity index (χ0v) is 16.9. The minimum atomic E-state index is -0.279. The molecule has 2 aromatic carbocycles. The molecule has 0 fully saturated rings. The smallest absolute Gasteiger partial charge is 0.255 e. The van der Waals surface area contributed by atoms with Gasteiger partial charge in [0.15, 0.2) is 0 Å². The number of benzene rings is 2. The van der Waals surface area contributed by atoms with Crippen LogP contribution in [0.1, 0.15) is 27.3 Å². The van der Waals surface area contributed by atoms with Crippen LogP contribution in [0.3, 0.4) is 0 Å². The molecule has 1 amide bonds. The van der Waals surface area contributed by atoms with Crippen molar-refractivity contribution in [1.29, 1.82) is 0 Å². The van der Waals surface area contributed by atoms with E-state index >= 15 is 0 Å². The number of hydrogen-bond donors (Lipinski definition) is 1. The number of rotatable bonds is 7. The number of nitrogens with one attached hydrogen (secondary N) is 1. The van der Waals surface area contributed by atoms with Gasteiger partial charge in [-0.15, -0.1) is 0 Å². The fourth-order valence-electron chi connectivity index (χ4n) is 2.73. The number of hydrogen-bond acceptors (Lipinski definition) is 6. The molecule has 4 aromatic rings. The molecule has 7 nitrogen and oxygen atoms in total. The molecule has 30 heavy (non-hydrogen) atoms. The molecule has 9 heteroatoms. The molecule has 0 aliphatic rings. The first-order valence-electron chi connectivity index (χ1n) is 9.16. The van der Waals surface area contributed by atoms with Crippen LogP contribution in [0.15, 0.2) is 60.9 Å². The lowest BCUT2D eigenvalue weighted by Gasteiger charge is -2.06. The maximum Gasteiger partial charge on any atom is 0.255 e. The highest BCUT2D eigenvalue weighted by Crippen LogP contribution is 2.16. The normalized spacial score (nSPS) is 10.7. The van der Waals surface area contributed by atoms with E-state index < -0.39 is 0 Å². The maximum atomic E-state index is 13.0. The van der Waals surface area contributed by atoms with Crippen molar-refractivity contribution in [1.82, 2.24) is 18.5 Å². The molecule has 0 unspecified atom stereocenters. The number of aromatic nitrogens is 4. The molecular formula is C21H18FN5O2S. The fraction of sp³-hybridized carbons (Fsp3) is 0.143. The molecule has 0 spiro atoms. The molecule has 0 aliphatic heterocycles. The van der Waals surface area contributed by atoms with Gasteiger partial charge >= 0.3 is 0 Å². The summed E-state index contributed by atoms with van der Waals surface area (Å²) in [4.78, 5) is 12.5. The van der Waals surface area contributed by atoms with Gasteiger partial charge in [0.1, 0.15) is 23.9 Å². The SMILES string of the molecule is Cc1nsnc1COc1ccc(C(=O)Nc2cnn(Cc3ccc(F)cc3)c2)cc1. The molecule has 0 radical (unpaired) electrons. The molecule has 2 heterocycles. The average Bonchev–Trinajstić information content (AvgIpc) is 3.37. The lowest BCUT2D eigenvalue weighted by atomic mass is 10.2. The van der Waals surface area contributed by atoms with Crippen molar-refractivity contribution in [2.24, 2.45) is 0 Å². The summed E-state index contributed by atoms with van der Waals surface area (Å²) in [5.41, 5.74) is 3.65. The van der Waals surface area contributed by atoms with Gasteiger partial charge in [0.25, 0.3) is 5.91 Å². The first-order valence-corrected chi connectivity index (χ1v) is 9.89. The lowest BCUT2D eigenvalue weighted by molar-refractivity contribution is 0.102. The summed E-state index contributed by atoms with van der Waals surface area (Å²) in [6, 6.07) is 13.1. The topological polar surface area (TPSA) is 81.9 Å². The van der Waals surface area contributed by atoms with Gasteiger partial charge in [-0.2, -0.15) is 13.8 Å². The van der Waals surface area contributed by atoms with Crippen LogP contribution < -0.4 is 10.1 Å². The summed E-state index contributed by atoms with van der Waals surface area (Å²) in [6.07, 6.45) is 3.30. The zero-order chi connectivity index (χ0) is 20.9. The van der Waals surface area contributed by atoms with E-state index in [4.69, 9.17) is 4.74 Å². The monoisotopic (exact) mass is 423 g/mol. The molecular weight excluding hydrogens is 405 g/mol. The van der Waals surface area contributed by atoms with Crippen molar-refractivity contribution in [2.75, 3.05) is 5.32 Å². The Morgan fingerprint density at radius 2 is 1.90 bits per heavy atom.